The Hall–Kier alpha value is -1.46. The van der Waals surface area contributed by atoms with Gasteiger partial charge in [-0.2, -0.15) is 0 Å². The predicted octanol–water partition coefficient (Wildman–Crippen LogP) is 1.67. The molecule has 1 heterocycles. The molecule has 104 valence electrons. The molecule has 1 saturated heterocycles. The Balaban J connectivity index is 2.08. The largest absolute Gasteiger partial charge is 0.481 e. The van der Waals surface area contributed by atoms with E-state index in [1.165, 1.54) is 12.1 Å². The van der Waals surface area contributed by atoms with Crippen molar-refractivity contribution in [3.63, 3.8) is 0 Å². The molecule has 2 rings (SSSR count). The van der Waals surface area contributed by atoms with Gasteiger partial charge in [0, 0.05) is 12.6 Å². The summed E-state index contributed by atoms with van der Waals surface area (Å²) in [7, 11) is 1.87. The van der Waals surface area contributed by atoms with E-state index >= 15 is 0 Å². The minimum absolute atomic E-state index is 0.137. The standard InChI is InChI=1S/C14H18FNO3/c1-9-5-11(15)4-3-10(9)6-16(2)13-8-19-7-12(13)14(17)18/h3-5,12-13H,6-8H2,1-2H3,(H,17,18). The molecule has 5 heteroatoms. The third kappa shape index (κ3) is 3.11. The zero-order chi connectivity index (χ0) is 14.0. The molecule has 0 bridgehead atoms. The molecule has 2 unspecified atom stereocenters. The summed E-state index contributed by atoms with van der Waals surface area (Å²) in [5.74, 6) is -1.58. The molecule has 1 aromatic rings. The van der Waals surface area contributed by atoms with Crippen LogP contribution in [-0.2, 0) is 16.1 Å². The van der Waals surface area contributed by atoms with Gasteiger partial charge in [-0.05, 0) is 37.2 Å². The van der Waals surface area contributed by atoms with Crippen molar-refractivity contribution in [3.8, 4) is 0 Å². The number of benzene rings is 1. The normalized spacial score (nSPS) is 22.9. The highest BCUT2D eigenvalue weighted by Gasteiger charge is 2.36. The summed E-state index contributed by atoms with van der Waals surface area (Å²) in [6, 6.07) is 4.52. The first-order valence-corrected chi connectivity index (χ1v) is 6.25. The van der Waals surface area contributed by atoms with Crippen molar-refractivity contribution in [2.75, 3.05) is 20.3 Å². The number of carboxylic acids is 1. The minimum Gasteiger partial charge on any atom is -0.481 e. The van der Waals surface area contributed by atoms with Gasteiger partial charge in [0.05, 0.1) is 19.1 Å². The molecule has 1 fully saturated rings. The average Bonchev–Trinajstić information content (AvgIpc) is 2.82. The molecule has 2 atom stereocenters. The van der Waals surface area contributed by atoms with E-state index < -0.39 is 11.9 Å². The first kappa shape index (κ1) is 14.0. The lowest BCUT2D eigenvalue weighted by Crippen LogP contribution is -2.40. The lowest BCUT2D eigenvalue weighted by Gasteiger charge is -2.26. The topological polar surface area (TPSA) is 49.8 Å². The highest BCUT2D eigenvalue weighted by Crippen LogP contribution is 2.21. The molecule has 0 aliphatic carbocycles. The maximum absolute atomic E-state index is 13.0. The summed E-state index contributed by atoms with van der Waals surface area (Å²) in [5, 5.41) is 9.13. The van der Waals surface area contributed by atoms with Crippen LogP contribution in [0.3, 0.4) is 0 Å². The maximum Gasteiger partial charge on any atom is 0.310 e. The molecule has 1 aromatic carbocycles. The molecule has 1 aliphatic rings. The Morgan fingerprint density at radius 2 is 2.26 bits per heavy atom. The fourth-order valence-electron chi connectivity index (χ4n) is 2.44. The van der Waals surface area contributed by atoms with Crippen LogP contribution in [0.4, 0.5) is 4.39 Å². The van der Waals surface area contributed by atoms with Crippen molar-refractivity contribution in [3.05, 3.63) is 35.1 Å². The van der Waals surface area contributed by atoms with Gasteiger partial charge in [0.2, 0.25) is 0 Å². The highest BCUT2D eigenvalue weighted by atomic mass is 19.1. The SMILES string of the molecule is Cc1cc(F)ccc1CN(C)C1COCC1C(=O)O. The Bertz CT molecular complexity index is 478. The van der Waals surface area contributed by atoms with Crippen LogP contribution in [0.25, 0.3) is 0 Å². The lowest BCUT2D eigenvalue weighted by atomic mass is 10.0. The second-order valence-corrected chi connectivity index (χ2v) is 5.04. The fourth-order valence-corrected chi connectivity index (χ4v) is 2.44. The van der Waals surface area contributed by atoms with Crippen LogP contribution >= 0.6 is 0 Å². The van der Waals surface area contributed by atoms with Crippen molar-refractivity contribution >= 4 is 5.97 Å². The second-order valence-electron chi connectivity index (χ2n) is 5.04. The van der Waals surface area contributed by atoms with Gasteiger partial charge in [0.15, 0.2) is 0 Å². The van der Waals surface area contributed by atoms with Crippen molar-refractivity contribution in [2.24, 2.45) is 5.92 Å². The third-order valence-electron chi connectivity index (χ3n) is 3.66. The van der Waals surface area contributed by atoms with Gasteiger partial charge < -0.3 is 9.84 Å². The van der Waals surface area contributed by atoms with Gasteiger partial charge in [-0.3, -0.25) is 9.69 Å². The zero-order valence-electron chi connectivity index (χ0n) is 11.1. The Kier molecular flexibility index (Phi) is 4.17. The molecular formula is C14H18FNO3. The van der Waals surface area contributed by atoms with E-state index in [9.17, 15) is 9.18 Å². The summed E-state index contributed by atoms with van der Waals surface area (Å²) in [5.41, 5.74) is 1.87. The Labute approximate surface area is 111 Å². The minimum atomic E-state index is -0.829. The van der Waals surface area contributed by atoms with Crippen LogP contribution in [0.5, 0.6) is 0 Å². The van der Waals surface area contributed by atoms with Crippen LogP contribution in [0, 0.1) is 18.7 Å². The van der Waals surface area contributed by atoms with E-state index in [0.717, 1.165) is 11.1 Å². The molecule has 0 amide bonds. The number of carboxylic acid groups (broad SMARTS) is 1. The van der Waals surface area contributed by atoms with E-state index in [1.807, 2.05) is 18.9 Å². The van der Waals surface area contributed by atoms with E-state index in [0.29, 0.717) is 13.2 Å². The molecule has 1 aliphatic heterocycles. The number of aryl methyl sites for hydroxylation is 1. The number of hydrogen-bond donors (Lipinski definition) is 1. The Morgan fingerprint density at radius 3 is 2.89 bits per heavy atom. The van der Waals surface area contributed by atoms with Crippen molar-refractivity contribution < 1.29 is 19.0 Å². The van der Waals surface area contributed by atoms with Gasteiger partial charge in [0.1, 0.15) is 5.82 Å². The number of ether oxygens (including phenoxy) is 1. The summed E-state index contributed by atoms with van der Waals surface area (Å²) in [6.45, 7) is 3.12. The third-order valence-corrected chi connectivity index (χ3v) is 3.66. The number of halogens is 1. The zero-order valence-corrected chi connectivity index (χ0v) is 11.1. The van der Waals surface area contributed by atoms with Crippen LogP contribution in [0.2, 0.25) is 0 Å². The summed E-state index contributed by atoms with van der Waals surface area (Å²) in [4.78, 5) is 13.1. The van der Waals surface area contributed by atoms with E-state index in [2.05, 4.69) is 0 Å². The molecule has 0 radical (unpaired) electrons. The molecular weight excluding hydrogens is 249 g/mol. The second kappa shape index (κ2) is 5.67. The maximum atomic E-state index is 13.0. The molecule has 1 N–H and O–H groups in total. The van der Waals surface area contributed by atoms with Gasteiger partial charge in [-0.1, -0.05) is 6.07 Å². The van der Waals surface area contributed by atoms with E-state index in [4.69, 9.17) is 9.84 Å². The molecule has 4 nitrogen and oxygen atoms in total. The van der Waals surface area contributed by atoms with Crippen LogP contribution in [0.15, 0.2) is 18.2 Å². The average molecular weight is 267 g/mol. The highest BCUT2D eigenvalue weighted by molar-refractivity contribution is 5.71. The van der Waals surface area contributed by atoms with Gasteiger partial charge in [-0.25, -0.2) is 4.39 Å². The number of aliphatic carboxylic acids is 1. The number of carbonyl (C=O) groups is 1. The number of likely N-dealkylation sites (N-methyl/N-ethyl adjacent to an activating group) is 1. The summed E-state index contributed by atoms with van der Waals surface area (Å²) < 4.78 is 18.3. The summed E-state index contributed by atoms with van der Waals surface area (Å²) in [6.07, 6.45) is 0. The fraction of sp³-hybridized carbons (Fsp3) is 0.500. The van der Waals surface area contributed by atoms with E-state index in [1.54, 1.807) is 6.07 Å². The summed E-state index contributed by atoms with van der Waals surface area (Å²) >= 11 is 0. The smallest absolute Gasteiger partial charge is 0.310 e. The van der Waals surface area contributed by atoms with Crippen molar-refractivity contribution in [1.82, 2.24) is 4.90 Å². The Morgan fingerprint density at radius 1 is 1.53 bits per heavy atom. The van der Waals surface area contributed by atoms with Crippen LogP contribution < -0.4 is 0 Å². The lowest BCUT2D eigenvalue weighted by molar-refractivity contribution is -0.143. The molecule has 0 aromatic heterocycles. The predicted molar refractivity (Wildman–Crippen MR) is 68.3 cm³/mol. The van der Waals surface area contributed by atoms with Gasteiger partial charge in [0.25, 0.3) is 0 Å². The van der Waals surface area contributed by atoms with E-state index in [-0.39, 0.29) is 18.5 Å². The monoisotopic (exact) mass is 267 g/mol. The van der Waals surface area contributed by atoms with Crippen molar-refractivity contribution in [2.45, 2.75) is 19.5 Å². The number of hydrogen-bond acceptors (Lipinski definition) is 3. The quantitative estimate of drug-likeness (QED) is 0.901. The number of rotatable bonds is 4. The first-order valence-electron chi connectivity index (χ1n) is 6.25. The molecule has 0 saturated carbocycles. The first-order chi connectivity index (χ1) is 8.99. The van der Waals surface area contributed by atoms with Crippen molar-refractivity contribution in [1.29, 1.82) is 0 Å². The molecule has 0 spiro atoms. The van der Waals surface area contributed by atoms with Crippen LogP contribution in [0.1, 0.15) is 11.1 Å². The molecule has 19 heavy (non-hydrogen) atoms. The number of nitrogens with zero attached hydrogens (tertiary/aromatic N) is 1. The van der Waals surface area contributed by atoms with Gasteiger partial charge >= 0.3 is 5.97 Å². The van der Waals surface area contributed by atoms with Crippen LogP contribution in [-0.4, -0.2) is 42.3 Å². The van der Waals surface area contributed by atoms with Gasteiger partial charge in [-0.15, -0.1) is 0 Å².